The Labute approximate surface area is 107 Å². The van der Waals surface area contributed by atoms with Gasteiger partial charge in [0.05, 0.1) is 6.04 Å². The van der Waals surface area contributed by atoms with Crippen molar-refractivity contribution in [2.24, 2.45) is 5.73 Å². The van der Waals surface area contributed by atoms with Gasteiger partial charge in [-0.05, 0) is 37.4 Å². The van der Waals surface area contributed by atoms with E-state index in [0.29, 0.717) is 0 Å². The number of benzene rings is 1. The zero-order valence-corrected chi connectivity index (χ0v) is 11.3. The Morgan fingerprint density at radius 2 is 1.88 bits per heavy atom. The molecule has 0 spiro atoms. The van der Waals surface area contributed by atoms with Gasteiger partial charge in [0.1, 0.15) is 0 Å². The Kier molecular flexibility index (Phi) is 6.48. The van der Waals surface area contributed by atoms with Gasteiger partial charge < -0.3 is 10.6 Å². The summed E-state index contributed by atoms with van der Waals surface area (Å²) in [5.41, 5.74) is 6.41. The van der Waals surface area contributed by atoms with Gasteiger partial charge in [-0.1, -0.05) is 0 Å². The van der Waals surface area contributed by atoms with Crippen LogP contribution in [0.3, 0.4) is 0 Å². The van der Waals surface area contributed by atoms with Crippen LogP contribution in [0.4, 0.5) is 5.69 Å². The Morgan fingerprint density at radius 3 is 2.25 bits per heavy atom. The van der Waals surface area contributed by atoms with Gasteiger partial charge in [-0.2, -0.15) is 0 Å². The van der Waals surface area contributed by atoms with Crippen LogP contribution in [0.1, 0.15) is 6.92 Å². The number of anilines is 1. The average Bonchev–Trinajstić information content (AvgIpc) is 2.27. The van der Waals surface area contributed by atoms with Crippen molar-refractivity contribution >= 4 is 35.8 Å². The molecule has 1 amide bonds. The minimum Gasteiger partial charge on any atom is -0.320 e. The number of nitrogens with zero attached hydrogens (tertiary/aromatic N) is 1. The van der Waals surface area contributed by atoms with Crippen LogP contribution in [0, 0.1) is 0 Å². The summed E-state index contributed by atoms with van der Waals surface area (Å²) >= 11 is 1.68. The highest BCUT2D eigenvalue weighted by molar-refractivity contribution is 7.98. The second-order valence-corrected chi connectivity index (χ2v) is 4.26. The molecule has 0 aliphatic heterocycles. The van der Waals surface area contributed by atoms with Crippen molar-refractivity contribution < 1.29 is 4.79 Å². The van der Waals surface area contributed by atoms with E-state index >= 15 is 0 Å². The zero-order chi connectivity index (χ0) is 11.4. The summed E-state index contributed by atoms with van der Waals surface area (Å²) in [5.74, 6) is -0.0769. The van der Waals surface area contributed by atoms with E-state index in [1.165, 1.54) is 4.90 Å². The third-order valence-corrected chi connectivity index (χ3v) is 2.92. The van der Waals surface area contributed by atoms with Crippen molar-refractivity contribution in [3.05, 3.63) is 24.3 Å². The highest BCUT2D eigenvalue weighted by atomic mass is 35.5. The Hall–Kier alpha value is -0.710. The summed E-state index contributed by atoms with van der Waals surface area (Å²) in [5, 5.41) is 0. The Bertz CT molecular complexity index is 340. The van der Waals surface area contributed by atoms with E-state index in [0.717, 1.165) is 5.69 Å². The lowest BCUT2D eigenvalue weighted by atomic mass is 10.2. The lowest BCUT2D eigenvalue weighted by Gasteiger charge is -2.19. The van der Waals surface area contributed by atoms with Crippen LogP contribution in [-0.4, -0.2) is 25.3 Å². The van der Waals surface area contributed by atoms with E-state index < -0.39 is 6.04 Å². The quantitative estimate of drug-likeness (QED) is 0.847. The predicted octanol–water partition coefficient (Wildman–Crippen LogP) is 2.14. The van der Waals surface area contributed by atoms with Crippen molar-refractivity contribution in [3.63, 3.8) is 0 Å². The first-order valence-electron chi connectivity index (χ1n) is 4.73. The molecule has 0 radical (unpaired) electrons. The maximum atomic E-state index is 11.6. The summed E-state index contributed by atoms with van der Waals surface area (Å²) in [6, 6.07) is 7.36. The molecular weight excluding hydrogens is 244 g/mol. The predicted molar refractivity (Wildman–Crippen MR) is 72.5 cm³/mol. The molecule has 0 bridgehead atoms. The number of likely N-dealkylation sites (N-methyl/N-ethyl adjacent to an activating group) is 1. The van der Waals surface area contributed by atoms with Gasteiger partial charge in [0.15, 0.2) is 0 Å². The number of carbonyl (C=O) groups excluding carboxylic acids is 1. The normalized spacial score (nSPS) is 11.5. The second kappa shape index (κ2) is 6.78. The van der Waals surface area contributed by atoms with Crippen LogP contribution in [0.25, 0.3) is 0 Å². The van der Waals surface area contributed by atoms with E-state index in [1.807, 2.05) is 30.5 Å². The topological polar surface area (TPSA) is 46.3 Å². The molecule has 90 valence electrons. The van der Waals surface area contributed by atoms with Gasteiger partial charge in [-0.15, -0.1) is 24.2 Å². The van der Waals surface area contributed by atoms with Crippen molar-refractivity contribution in [2.75, 3.05) is 18.2 Å². The van der Waals surface area contributed by atoms with E-state index in [1.54, 1.807) is 30.6 Å². The van der Waals surface area contributed by atoms with E-state index in [-0.39, 0.29) is 18.3 Å². The Morgan fingerprint density at radius 1 is 1.38 bits per heavy atom. The smallest absolute Gasteiger partial charge is 0.243 e. The first-order chi connectivity index (χ1) is 7.06. The van der Waals surface area contributed by atoms with Crippen LogP contribution >= 0.6 is 24.2 Å². The highest BCUT2D eigenvalue weighted by Gasteiger charge is 2.14. The molecule has 16 heavy (non-hydrogen) atoms. The average molecular weight is 261 g/mol. The summed E-state index contributed by atoms with van der Waals surface area (Å²) in [6.45, 7) is 1.69. The lowest BCUT2D eigenvalue weighted by Crippen LogP contribution is -2.39. The summed E-state index contributed by atoms with van der Waals surface area (Å²) in [4.78, 5) is 14.4. The van der Waals surface area contributed by atoms with Crippen molar-refractivity contribution in [3.8, 4) is 0 Å². The maximum absolute atomic E-state index is 11.6. The van der Waals surface area contributed by atoms with E-state index in [2.05, 4.69) is 0 Å². The number of halogens is 1. The van der Waals surface area contributed by atoms with Crippen LogP contribution in [0.5, 0.6) is 0 Å². The van der Waals surface area contributed by atoms with E-state index in [4.69, 9.17) is 5.73 Å². The molecule has 3 nitrogen and oxygen atoms in total. The minimum atomic E-state index is -0.463. The number of hydrogen-bond donors (Lipinski definition) is 1. The summed E-state index contributed by atoms with van der Waals surface area (Å²) in [7, 11) is 1.74. The summed E-state index contributed by atoms with van der Waals surface area (Å²) < 4.78 is 0. The first kappa shape index (κ1) is 15.3. The van der Waals surface area contributed by atoms with Gasteiger partial charge in [0.2, 0.25) is 5.91 Å². The van der Waals surface area contributed by atoms with Crippen molar-refractivity contribution in [2.45, 2.75) is 17.9 Å². The fourth-order valence-electron chi connectivity index (χ4n) is 1.24. The van der Waals surface area contributed by atoms with Gasteiger partial charge >= 0.3 is 0 Å². The molecule has 1 unspecified atom stereocenters. The number of hydrogen-bond acceptors (Lipinski definition) is 3. The first-order valence-corrected chi connectivity index (χ1v) is 5.96. The number of carbonyl (C=O) groups is 1. The van der Waals surface area contributed by atoms with Gasteiger partial charge in [0.25, 0.3) is 0 Å². The van der Waals surface area contributed by atoms with Crippen LogP contribution < -0.4 is 10.6 Å². The molecule has 2 N–H and O–H groups in total. The fourth-order valence-corrected chi connectivity index (χ4v) is 1.65. The SMILES string of the molecule is CSc1ccc(N(C)C(=O)C(C)N)cc1.Cl. The molecule has 0 saturated carbocycles. The van der Waals surface area contributed by atoms with Gasteiger partial charge in [-0.3, -0.25) is 4.79 Å². The number of rotatable bonds is 3. The molecule has 0 aromatic heterocycles. The zero-order valence-electron chi connectivity index (χ0n) is 9.64. The molecule has 0 fully saturated rings. The fraction of sp³-hybridized carbons (Fsp3) is 0.364. The molecule has 1 rings (SSSR count). The minimum absolute atomic E-state index is 0. The van der Waals surface area contributed by atoms with Crippen LogP contribution in [0.2, 0.25) is 0 Å². The van der Waals surface area contributed by atoms with Crippen molar-refractivity contribution in [1.82, 2.24) is 0 Å². The monoisotopic (exact) mass is 260 g/mol. The highest BCUT2D eigenvalue weighted by Crippen LogP contribution is 2.19. The van der Waals surface area contributed by atoms with Gasteiger partial charge in [-0.25, -0.2) is 0 Å². The third kappa shape index (κ3) is 3.70. The molecule has 0 aliphatic rings. The third-order valence-electron chi connectivity index (χ3n) is 2.18. The molecule has 1 aromatic carbocycles. The molecular formula is C11H17ClN2OS. The molecule has 1 aromatic rings. The Balaban J connectivity index is 0.00000225. The number of amides is 1. The van der Waals surface area contributed by atoms with Crippen molar-refractivity contribution in [1.29, 1.82) is 0 Å². The molecule has 0 aliphatic carbocycles. The summed E-state index contributed by atoms with van der Waals surface area (Å²) in [6.07, 6.45) is 2.02. The standard InChI is InChI=1S/C11H16N2OS.ClH/c1-8(12)11(14)13(2)9-4-6-10(15-3)7-5-9;/h4-8H,12H2,1-3H3;1H. The lowest BCUT2D eigenvalue weighted by molar-refractivity contribution is -0.119. The largest absolute Gasteiger partial charge is 0.320 e. The molecule has 0 heterocycles. The van der Waals surface area contributed by atoms with Crippen LogP contribution in [0.15, 0.2) is 29.2 Å². The van der Waals surface area contributed by atoms with Crippen LogP contribution in [-0.2, 0) is 4.79 Å². The molecule has 5 heteroatoms. The number of thioether (sulfide) groups is 1. The van der Waals surface area contributed by atoms with Gasteiger partial charge in [0, 0.05) is 17.6 Å². The van der Waals surface area contributed by atoms with E-state index in [9.17, 15) is 4.79 Å². The maximum Gasteiger partial charge on any atom is 0.243 e. The second-order valence-electron chi connectivity index (χ2n) is 3.38. The number of nitrogens with two attached hydrogens (primary N) is 1. The molecule has 1 atom stereocenters. The molecule has 0 saturated heterocycles.